The maximum absolute atomic E-state index is 13.0. The second-order valence-corrected chi connectivity index (χ2v) is 5.68. The molecule has 1 unspecified atom stereocenters. The van der Waals surface area contributed by atoms with Gasteiger partial charge in [-0.25, -0.2) is 4.39 Å². The van der Waals surface area contributed by atoms with Gasteiger partial charge in [-0.2, -0.15) is 0 Å². The molecule has 1 atom stereocenters. The van der Waals surface area contributed by atoms with Crippen molar-refractivity contribution in [2.75, 3.05) is 0 Å². The summed E-state index contributed by atoms with van der Waals surface area (Å²) in [6.45, 7) is 7.74. The third-order valence-corrected chi connectivity index (χ3v) is 3.74. The molecule has 21 heavy (non-hydrogen) atoms. The fourth-order valence-electron chi connectivity index (χ4n) is 2.78. The molecule has 3 nitrogen and oxygen atoms in total. The number of rotatable bonds is 3. The van der Waals surface area contributed by atoms with Gasteiger partial charge in [-0.1, -0.05) is 12.1 Å². The van der Waals surface area contributed by atoms with Gasteiger partial charge in [0.1, 0.15) is 5.82 Å². The minimum absolute atomic E-state index is 0.0669. The van der Waals surface area contributed by atoms with Crippen LogP contribution in [0.15, 0.2) is 35.1 Å². The topological polar surface area (TPSA) is 48.0 Å². The highest BCUT2D eigenvalue weighted by molar-refractivity contribution is 5.36. The van der Waals surface area contributed by atoms with Crippen LogP contribution in [-0.4, -0.2) is 4.57 Å². The van der Waals surface area contributed by atoms with E-state index in [0.29, 0.717) is 5.56 Å². The van der Waals surface area contributed by atoms with Crippen LogP contribution in [0.4, 0.5) is 4.39 Å². The molecule has 112 valence electrons. The van der Waals surface area contributed by atoms with Crippen LogP contribution in [-0.2, 0) is 0 Å². The van der Waals surface area contributed by atoms with Gasteiger partial charge in [0.15, 0.2) is 0 Å². The zero-order valence-corrected chi connectivity index (χ0v) is 12.9. The lowest BCUT2D eigenvalue weighted by Crippen LogP contribution is -2.32. The molecule has 0 spiro atoms. The molecule has 0 saturated heterocycles. The van der Waals surface area contributed by atoms with Crippen molar-refractivity contribution in [3.8, 4) is 0 Å². The summed E-state index contributed by atoms with van der Waals surface area (Å²) in [7, 11) is 0. The third-order valence-electron chi connectivity index (χ3n) is 3.74. The van der Waals surface area contributed by atoms with Crippen molar-refractivity contribution in [2.24, 2.45) is 5.73 Å². The minimum Gasteiger partial charge on any atom is -0.320 e. The number of hydrogen-bond donors (Lipinski definition) is 1. The molecule has 0 radical (unpaired) electrons. The van der Waals surface area contributed by atoms with Crippen molar-refractivity contribution in [3.63, 3.8) is 0 Å². The van der Waals surface area contributed by atoms with Crippen LogP contribution in [0.1, 0.15) is 48.3 Å². The van der Waals surface area contributed by atoms with E-state index in [1.54, 1.807) is 16.7 Å². The van der Waals surface area contributed by atoms with Gasteiger partial charge < -0.3 is 10.3 Å². The zero-order chi connectivity index (χ0) is 15.7. The predicted octanol–water partition coefficient (Wildman–Crippen LogP) is 3.23. The average molecular weight is 288 g/mol. The molecule has 2 aromatic rings. The molecule has 0 bridgehead atoms. The van der Waals surface area contributed by atoms with E-state index in [4.69, 9.17) is 5.73 Å². The molecule has 2 rings (SSSR count). The SMILES string of the molecule is Cc1cc(C)n(C(C)C)c(=O)c1C(N)c1ccc(F)cc1. The summed E-state index contributed by atoms with van der Waals surface area (Å²) in [6.07, 6.45) is 0. The number of nitrogens with zero attached hydrogens (tertiary/aromatic N) is 1. The number of hydrogen-bond acceptors (Lipinski definition) is 2. The largest absolute Gasteiger partial charge is 0.320 e. The molecule has 0 aliphatic rings. The van der Waals surface area contributed by atoms with Crippen molar-refractivity contribution in [2.45, 2.75) is 39.8 Å². The molecular formula is C17H21FN2O. The van der Waals surface area contributed by atoms with Crippen LogP contribution < -0.4 is 11.3 Å². The standard InChI is InChI=1S/C17H21FN2O/c1-10(2)20-12(4)9-11(3)15(17(20)21)16(19)13-5-7-14(18)8-6-13/h5-10,16H,19H2,1-4H3. The van der Waals surface area contributed by atoms with Crippen molar-refractivity contribution in [1.29, 1.82) is 0 Å². The van der Waals surface area contributed by atoms with Crippen molar-refractivity contribution in [1.82, 2.24) is 4.57 Å². The molecule has 0 amide bonds. The summed E-state index contributed by atoms with van der Waals surface area (Å²) in [6, 6.07) is 7.46. The highest BCUT2D eigenvalue weighted by Gasteiger charge is 2.19. The first-order chi connectivity index (χ1) is 9.82. The molecule has 0 aliphatic carbocycles. The highest BCUT2D eigenvalue weighted by Crippen LogP contribution is 2.21. The third kappa shape index (κ3) is 2.90. The lowest BCUT2D eigenvalue weighted by atomic mass is 9.96. The van der Waals surface area contributed by atoms with Crippen LogP contribution in [0.25, 0.3) is 0 Å². The van der Waals surface area contributed by atoms with Crippen LogP contribution in [0, 0.1) is 19.7 Å². The molecule has 2 N–H and O–H groups in total. The van der Waals surface area contributed by atoms with E-state index in [2.05, 4.69) is 0 Å². The van der Waals surface area contributed by atoms with Crippen molar-refractivity contribution < 1.29 is 4.39 Å². The van der Waals surface area contributed by atoms with Crippen molar-refractivity contribution >= 4 is 0 Å². The fraction of sp³-hybridized carbons (Fsp3) is 0.353. The summed E-state index contributed by atoms with van der Waals surface area (Å²) in [4.78, 5) is 12.7. The summed E-state index contributed by atoms with van der Waals surface area (Å²) >= 11 is 0. The maximum atomic E-state index is 13.0. The van der Waals surface area contributed by atoms with Crippen LogP contribution in [0.5, 0.6) is 0 Å². The molecule has 4 heteroatoms. The molecule has 0 saturated carbocycles. The van der Waals surface area contributed by atoms with Crippen LogP contribution >= 0.6 is 0 Å². The number of nitrogens with two attached hydrogens (primary N) is 1. The Balaban J connectivity index is 2.60. The second kappa shape index (κ2) is 5.82. The van der Waals surface area contributed by atoms with Gasteiger partial charge in [0, 0.05) is 17.3 Å². The Morgan fingerprint density at radius 1 is 1.14 bits per heavy atom. The van der Waals surface area contributed by atoms with Gasteiger partial charge in [-0.3, -0.25) is 4.79 Å². The van der Waals surface area contributed by atoms with Crippen LogP contribution in [0.2, 0.25) is 0 Å². The molecule has 1 aromatic heterocycles. The average Bonchev–Trinajstić information content (AvgIpc) is 2.38. The Bertz CT molecular complexity index is 702. The summed E-state index contributed by atoms with van der Waals surface area (Å²) in [5.74, 6) is -0.314. The van der Waals surface area contributed by atoms with E-state index in [1.165, 1.54) is 12.1 Å². The number of halogens is 1. The predicted molar refractivity (Wildman–Crippen MR) is 83.0 cm³/mol. The van der Waals surface area contributed by atoms with Gasteiger partial charge in [-0.15, -0.1) is 0 Å². The van der Waals surface area contributed by atoms with Gasteiger partial charge in [0.25, 0.3) is 5.56 Å². The lowest BCUT2D eigenvalue weighted by Gasteiger charge is -2.21. The smallest absolute Gasteiger partial charge is 0.256 e. The Hall–Kier alpha value is -1.94. The Kier molecular flexibility index (Phi) is 4.28. The molecule has 1 aromatic carbocycles. The zero-order valence-electron chi connectivity index (χ0n) is 12.9. The van der Waals surface area contributed by atoms with Crippen molar-refractivity contribution in [3.05, 3.63) is 68.9 Å². The fourth-order valence-corrected chi connectivity index (χ4v) is 2.78. The Morgan fingerprint density at radius 2 is 1.71 bits per heavy atom. The quantitative estimate of drug-likeness (QED) is 0.942. The van der Waals surface area contributed by atoms with E-state index in [1.807, 2.05) is 33.8 Å². The summed E-state index contributed by atoms with van der Waals surface area (Å²) in [5, 5.41) is 0. The van der Waals surface area contributed by atoms with E-state index in [0.717, 1.165) is 16.8 Å². The van der Waals surface area contributed by atoms with Crippen LogP contribution in [0.3, 0.4) is 0 Å². The normalized spacial score (nSPS) is 12.7. The number of aryl methyl sites for hydroxylation is 2. The van der Waals surface area contributed by atoms with E-state index in [9.17, 15) is 9.18 Å². The van der Waals surface area contributed by atoms with Gasteiger partial charge >= 0.3 is 0 Å². The van der Waals surface area contributed by atoms with Gasteiger partial charge in [0.2, 0.25) is 0 Å². The van der Waals surface area contributed by atoms with E-state index < -0.39 is 6.04 Å². The highest BCUT2D eigenvalue weighted by atomic mass is 19.1. The summed E-state index contributed by atoms with van der Waals surface area (Å²) in [5.41, 5.74) is 9.27. The Morgan fingerprint density at radius 3 is 2.24 bits per heavy atom. The van der Waals surface area contributed by atoms with Gasteiger partial charge in [-0.05, 0) is 57.0 Å². The first-order valence-corrected chi connectivity index (χ1v) is 7.06. The molecule has 0 fully saturated rings. The first kappa shape index (κ1) is 15.4. The Labute approximate surface area is 124 Å². The molecular weight excluding hydrogens is 267 g/mol. The minimum atomic E-state index is -0.552. The monoisotopic (exact) mass is 288 g/mol. The van der Waals surface area contributed by atoms with E-state index >= 15 is 0 Å². The maximum Gasteiger partial charge on any atom is 0.256 e. The molecule has 0 aliphatic heterocycles. The van der Waals surface area contributed by atoms with E-state index in [-0.39, 0.29) is 17.4 Å². The molecule has 1 heterocycles. The second-order valence-electron chi connectivity index (χ2n) is 5.68. The van der Waals surface area contributed by atoms with Gasteiger partial charge in [0.05, 0.1) is 6.04 Å². The summed E-state index contributed by atoms with van der Waals surface area (Å²) < 4.78 is 14.8. The number of pyridine rings is 1. The number of benzene rings is 1. The first-order valence-electron chi connectivity index (χ1n) is 7.06. The number of aromatic nitrogens is 1. The lowest BCUT2D eigenvalue weighted by molar-refractivity contribution is 0.553.